The summed E-state index contributed by atoms with van der Waals surface area (Å²) in [5, 5.41) is 3.30. The van der Waals surface area contributed by atoms with Gasteiger partial charge in [-0.05, 0) is 55.4 Å². The number of nitrogens with one attached hydrogen (secondary N) is 1. The number of fused-ring (bicyclic) bond motifs is 1. The molecule has 4 rings (SSSR count). The van der Waals surface area contributed by atoms with E-state index in [2.05, 4.69) is 22.4 Å². The van der Waals surface area contributed by atoms with Crippen LogP contribution in [0.5, 0.6) is 5.75 Å². The van der Waals surface area contributed by atoms with Crippen LogP contribution in [0.3, 0.4) is 0 Å². The lowest BCUT2D eigenvalue weighted by Crippen LogP contribution is -2.26. The van der Waals surface area contributed by atoms with E-state index in [4.69, 9.17) is 4.74 Å². The molecular weight excluding hydrogens is 302 g/mol. The summed E-state index contributed by atoms with van der Waals surface area (Å²) in [6.45, 7) is 0.746. The van der Waals surface area contributed by atoms with Crippen LogP contribution in [0.2, 0.25) is 0 Å². The molecule has 1 aromatic carbocycles. The maximum Gasteiger partial charge on any atom is 0.293 e. The van der Waals surface area contributed by atoms with Gasteiger partial charge in [0.05, 0.1) is 7.11 Å². The van der Waals surface area contributed by atoms with Crippen molar-refractivity contribution < 1.29 is 4.74 Å². The van der Waals surface area contributed by atoms with Crippen LogP contribution in [0.1, 0.15) is 48.8 Å². The third-order valence-corrected chi connectivity index (χ3v) is 5.11. The molecule has 2 aliphatic rings. The van der Waals surface area contributed by atoms with Crippen molar-refractivity contribution in [2.75, 3.05) is 19.0 Å². The molecule has 0 aliphatic heterocycles. The molecule has 0 spiro atoms. The smallest absolute Gasteiger partial charge is 0.293 e. The van der Waals surface area contributed by atoms with E-state index in [0.29, 0.717) is 17.8 Å². The second kappa shape index (κ2) is 6.30. The molecular formula is C19H23N3O2. The van der Waals surface area contributed by atoms with Gasteiger partial charge in [-0.25, -0.2) is 4.98 Å². The topological polar surface area (TPSA) is 56.1 Å². The van der Waals surface area contributed by atoms with E-state index in [0.717, 1.165) is 38.0 Å². The number of methoxy groups -OCH3 is 1. The van der Waals surface area contributed by atoms with Crippen molar-refractivity contribution in [3.8, 4) is 5.75 Å². The molecule has 5 heteroatoms. The number of hydrogen-bond donors (Lipinski definition) is 1. The van der Waals surface area contributed by atoms with Gasteiger partial charge in [0.25, 0.3) is 5.56 Å². The van der Waals surface area contributed by atoms with Crippen LogP contribution in [-0.2, 0) is 6.42 Å². The van der Waals surface area contributed by atoms with Gasteiger partial charge in [-0.3, -0.25) is 4.79 Å². The average Bonchev–Trinajstić information content (AvgIpc) is 3.45. The molecule has 0 bridgehead atoms. The Balaban J connectivity index is 1.51. The Morgan fingerprint density at radius 3 is 3.00 bits per heavy atom. The fourth-order valence-electron chi connectivity index (χ4n) is 3.64. The van der Waals surface area contributed by atoms with E-state index in [1.165, 1.54) is 17.5 Å². The quantitative estimate of drug-likeness (QED) is 0.918. The third-order valence-electron chi connectivity index (χ3n) is 5.11. The fraction of sp³-hybridized carbons (Fsp3) is 0.474. The molecule has 126 valence electrons. The molecule has 1 atom stereocenters. The number of benzene rings is 1. The van der Waals surface area contributed by atoms with Crippen LogP contribution >= 0.6 is 0 Å². The Labute approximate surface area is 141 Å². The second-order valence-corrected chi connectivity index (χ2v) is 6.75. The van der Waals surface area contributed by atoms with Crippen molar-refractivity contribution in [2.45, 2.75) is 44.1 Å². The number of nitrogens with zero attached hydrogens (tertiary/aromatic N) is 2. The number of ether oxygens (including phenoxy) is 1. The zero-order valence-corrected chi connectivity index (χ0v) is 14.0. The first-order chi connectivity index (χ1) is 11.8. The zero-order valence-electron chi connectivity index (χ0n) is 14.0. The van der Waals surface area contributed by atoms with Crippen LogP contribution in [-0.4, -0.2) is 23.2 Å². The minimum Gasteiger partial charge on any atom is -0.497 e. The number of aryl methyl sites for hydroxylation is 1. The highest BCUT2D eigenvalue weighted by Gasteiger charge is 2.26. The molecule has 2 aromatic rings. The molecule has 1 saturated carbocycles. The minimum absolute atomic E-state index is 0.00534. The summed E-state index contributed by atoms with van der Waals surface area (Å²) in [6, 6.07) is 6.71. The standard InChI is InChI=1S/C19H23N3O2/c1-24-16-7-8-17-13(11-16)3-2-4-14(17)12-21-18-19(23)22(10-9-20-18)15-5-6-15/h7-11,14-15H,2-6,12H2,1H3,(H,20,21)/t14-/m1/s1. The van der Waals surface area contributed by atoms with Crippen molar-refractivity contribution in [3.05, 3.63) is 52.1 Å². The van der Waals surface area contributed by atoms with Gasteiger partial charge in [-0.2, -0.15) is 0 Å². The van der Waals surface area contributed by atoms with Gasteiger partial charge < -0.3 is 14.6 Å². The zero-order chi connectivity index (χ0) is 16.5. The molecule has 2 aliphatic carbocycles. The minimum atomic E-state index is 0.00534. The highest BCUT2D eigenvalue weighted by molar-refractivity contribution is 5.41. The number of hydrogen-bond acceptors (Lipinski definition) is 4. The molecule has 0 saturated heterocycles. The number of rotatable bonds is 5. The molecule has 24 heavy (non-hydrogen) atoms. The molecule has 1 N–H and O–H groups in total. The van der Waals surface area contributed by atoms with Crippen LogP contribution in [0.15, 0.2) is 35.4 Å². The molecule has 1 aromatic heterocycles. The van der Waals surface area contributed by atoms with E-state index in [-0.39, 0.29) is 5.56 Å². The van der Waals surface area contributed by atoms with Crippen molar-refractivity contribution >= 4 is 5.82 Å². The summed E-state index contributed by atoms with van der Waals surface area (Å²) >= 11 is 0. The first-order valence-corrected chi connectivity index (χ1v) is 8.74. The lowest BCUT2D eigenvalue weighted by Gasteiger charge is -2.26. The van der Waals surface area contributed by atoms with E-state index in [1.807, 2.05) is 10.6 Å². The van der Waals surface area contributed by atoms with E-state index in [1.54, 1.807) is 19.5 Å². The normalized spacial score (nSPS) is 19.6. The Hall–Kier alpha value is -2.30. The highest BCUT2D eigenvalue weighted by atomic mass is 16.5. The second-order valence-electron chi connectivity index (χ2n) is 6.75. The van der Waals surface area contributed by atoms with Crippen LogP contribution in [0.4, 0.5) is 5.82 Å². The van der Waals surface area contributed by atoms with Crippen LogP contribution in [0.25, 0.3) is 0 Å². The largest absolute Gasteiger partial charge is 0.497 e. The average molecular weight is 325 g/mol. The predicted octanol–water partition coefficient (Wildman–Crippen LogP) is 3.12. The molecule has 0 radical (unpaired) electrons. The lowest BCUT2D eigenvalue weighted by atomic mass is 9.82. The SMILES string of the molecule is COc1ccc2c(c1)CCC[C@@H]2CNc1nccn(C2CC2)c1=O. The first-order valence-electron chi connectivity index (χ1n) is 8.74. The molecule has 0 amide bonds. The Morgan fingerprint density at radius 1 is 1.33 bits per heavy atom. The maximum atomic E-state index is 12.5. The maximum absolute atomic E-state index is 12.5. The van der Waals surface area contributed by atoms with Gasteiger partial charge in [0, 0.05) is 30.9 Å². The van der Waals surface area contributed by atoms with Crippen LogP contribution < -0.4 is 15.6 Å². The first kappa shape index (κ1) is 15.2. The van der Waals surface area contributed by atoms with Gasteiger partial charge in [-0.15, -0.1) is 0 Å². The van der Waals surface area contributed by atoms with Gasteiger partial charge in [0.15, 0.2) is 5.82 Å². The Morgan fingerprint density at radius 2 is 2.21 bits per heavy atom. The third kappa shape index (κ3) is 2.90. The summed E-state index contributed by atoms with van der Waals surface area (Å²) in [4.78, 5) is 16.7. The van der Waals surface area contributed by atoms with Crippen LogP contribution in [0, 0.1) is 0 Å². The lowest BCUT2D eigenvalue weighted by molar-refractivity contribution is 0.413. The van der Waals surface area contributed by atoms with Gasteiger partial charge in [-0.1, -0.05) is 6.07 Å². The molecule has 5 nitrogen and oxygen atoms in total. The van der Waals surface area contributed by atoms with Crippen molar-refractivity contribution in [1.29, 1.82) is 0 Å². The van der Waals surface area contributed by atoms with Gasteiger partial charge >= 0.3 is 0 Å². The summed E-state index contributed by atoms with van der Waals surface area (Å²) in [6.07, 6.45) is 9.12. The Bertz CT molecular complexity index is 795. The highest BCUT2D eigenvalue weighted by Crippen LogP contribution is 2.34. The summed E-state index contributed by atoms with van der Waals surface area (Å²) in [5.74, 6) is 1.81. The van der Waals surface area contributed by atoms with E-state index >= 15 is 0 Å². The number of anilines is 1. The van der Waals surface area contributed by atoms with E-state index in [9.17, 15) is 4.79 Å². The summed E-state index contributed by atoms with van der Waals surface area (Å²) < 4.78 is 7.15. The van der Waals surface area contributed by atoms with Gasteiger partial charge in [0.1, 0.15) is 5.75 Å². The van der Waals surface area contributed by atoms with Crippen molar-refractivity contribution in [2.24, 2.45) is 0 Å². The monoisotopic (exact) mass is 325 g/mol. The fourth-order valence-corrected chi connectivity index (χ4v) is 3.64. The van der Waals surface area contributed by atoms with Crippen molar-refractivity contribution in [3.63, 3.8) is 0 Å². The number of aromatic nitrogens is 2. The summed E-state index contributed by atoms with van der Waals surface area (Å²) in [7, 11) is 1.70. The van der Waals surface area contributed by atoms with Gasteiger partial charge in [0.2, 0.25) is 0 Å². The predicted molar refractivity (Wildman–Crippen MR) is 93.9 cm³/mol. The molecule has 0 unspecified atom stereocenters. The molecule has 1 heterocycles. The Kier molecular flexibility index (Phi) is 4.00. The summed E-state index contributed by atoms with van der Waals surface area (Å²) in [5.41, 5.74) is 2.74. The van der Waals surface area contributed by atoms with Crippen molar-refractivity contribution in [1.82, 2.24) is 9.55 Å². The van der Waals surface area contributed by atoms with E-state index < -0.39 is 0 Å². The molecule has 1 fully saturated rings.